The Morgan fingerprint density at radius 3 is 2.28 bits per heavy atom. The molecule has 0 unspecified atom stereocenters. The van der Waals surface area contributed by atoms with Gasteiger partial charge in [0.15, 0.2) is 0 Å². The van der Waals surface area contributed by atoms with Gasteiger partial charge in [-0.15, -0.1) is 0 Å². The Morgan fingerprint density at radius 1 is 0.889 bits per heavy atom. The maximum absolute atomic E-state index is 12.4. The highest BCUT2D eigenvalue weighted by Gasteiger charge is 2.36. The van der Waals surface area contributed by atoms with Gasteiger partial charge in [-0.05, 0) is 75.7 Å². The van der Waals surface area contributed by atoms with Crippen molar-refractivity contribution in [2.45, 2.75) is 31.9 Å². The molecule has 2 aromatic carbocycles. The van der Waals surface area contributed by atoms with Gasteiger partial charge in [-0.25, -0.2) is 13.4 Å². The van der Waals surface area contributed by atoms with Crippen molar-refractivity contribution in [2.75, 3.05) is 53.5 Å². The molecular formula is C26H33N7O2S. The first-order valence-corrected chi connectivity index (χ1v) is 13.8. The number of nitrogens with zero attached hydrogens (tertiary/aromatic N) is 4. The molecule has 1 aromatic heterocycles. The number of aryl methyl sites for hydroxylation is 2. The van der Waals surface area contributed by atoms with Crippen molar-refractivity contribution in [3.63, 3.8) is 0 Å². The second kappa shape index (κ2) is 9.94. The number of sulfonamides is 1. The zero-order valence-corrected chi connectivity index (χ0v) is 21.8. The van der Waals surface area contributed by atoms with E-state index in [0.717, 1.165) is 61.5 Å². The third kappa shape index (κ3) is 5.71. The molecule has 0 bridgehead atoms. The maximum atomic E-state index is 12.4. The predicted molar refractivity (Wildman–Crippen MR) is 146 cm³/mol. The fourth-order valence-electron chi connectivity index (χ4n) is 4.14. The van der Waals surface area contributed by atoms with Crippen LogP contribution in [0.1, 0.15) is 24.0 Å². The first-order chi connectivity index (χ1) is 17.3. The number of hydrogen-bond donors (Lipinski definition) is 3. The van der Waals surface area contributed by atoms with E-state index in [1.165, 1.54) is 5.69 Å². The smallest absolute Gasteiger partial charge is 0.235 e. The first-order valence-electron chi connectivity index (χ1n) is 12.3. The van der Waals surface area contributed by atoms with Crippen molar-refractivity contribution < 1.29 is 8.42 Å². The summed E-state index contributed by atoms with van der Waals surface area (Å²) in [6.07, 6.45) is 3.21. The summed E-state index contributed by atoms with van der Waals surface area (Å²) in [4.78, 5) is 13.8. The number of hydrogen-bond acceptors (Lipinski definition) is 8. The molecule has 36 heavy (non-hydrogen) atoms. The van der Waals surface area contributed by atoms with Crippen LogP contribution in [0.2, 0.25) is 0 Å². The van der Waals surface area contributed by atoms with Gasteiger partial charge in [0.05, 0.1) is 10.9 Å². The van der Waals surface area contributed by atoms with Crippen LogP contribution in [-0.2, 0) is 10.0 Å². The molecule has 1 saturated heterocycles. The van der Waals surface area contributed by atoms with Crippen LogP contribution in [0.15, 0.2) is 48.7 Å². The quantitative estimate of drug-likeness (QED) is 0.416. The zero-order chi connectivity index (χ0) is 25.3. The van der Waals surface area contributed by atoms with Gasteiger partial charge < -0.3 is 20.4 Å². The molecule has 3 N–H and O–H groups in total. The van der Waals surface area contributed by atoms with Gasteiger partial charge in [-0.2, -0.15) is 4.98 Å². The van der Waals surface area contributed by atoms with Gasteiger partial charge in [0.25, 0.3) is 0 Å². The molecule has 1 aliphatic heterocycles. The second-order valence-corrected chi connectivity index (χ2v) is 11.6. The van der Waals surface area contributed by atoms with Gasteiger partial charge in [-0.1, -0.05) is 6.07 Å². The minimum Gasteiger partial charge on any atom is -0.369 e. The monoisotopic (exact) mass is 507 g/mol. The Bertz CT molecular complexity index is 1330. The van der Waals surface area contributed by atoms with Crippen LogP contribution in [0.4, 0.5) is 34.5 Å². The van der Waals surface area contributed by atoms with Crippen LogP contribution in [0.5, 0.6) is 0 Å². The van der Waals surface area contributed by atoms with E-state index >= 15 is 0 Å². The fraction of sp³-hybridized carbons (Fsp3) is 0.385. The summed E-state index contributed by atoms with van der Waals surface area (Å²) in [5, 5.41) is 6.32. The Kier molecular flexibility index (Phi) is 6.72. The molecular weight excluding hydrogens is 474 g/mol. The largest absolute Gasteiger partial charge is 0.369 e. The van der Waals surface area contributed by atoms with E-state index in [1.807, 2.05) is 38.1 Å². The number of piperazine rings is 1. The molecule has 1 aliphatic carbocycles. The van der Waals surface area contributed by atoms with Gasteiger partial charge in [-0.3, -0.25) is 4.72 Å². The van der Waals surface area contributed by atoms with Gasteiger partial charge in [0.2, 0.25) is 16.0 Å². The lowest BCUT2D eigenvalue weighted by molar-refractivity contribution is 0.313. The number of rotatable bonds is 8. The average Bonchev–Trinajstić information content (AvgIpc) is 3.71. The van der Waals surface area contributed by atoms with E-state index in [9.17, 15) is 8.42 Å². The molecule has 5 rings (SSSR count). The molecule has 9 nitrogen and oxygen atoms in total. The van der Waals surface area contributed by atoms with Crippen molar-refractivity contribution in [1.29, 1.82) is 0 Å². The number of nitrogens with one attached hydrogen (secondary N) is 3. The zero-order valence-electron chi connectivity index (χ0n) is 21.0. The topological polar surface area (TPSA) is 102 Å². The van der Waals surface area contributed by atoms with Crippen molar-refractivity contribution in [3.05, 3.63) is 59.8 Å². The Labute approximate surface area is 213 Å². The van der Waals surface area contributed by atoms with Crippen LogP contribution in [0, 0.1) is 13.8 Å². The van der Waals surface area contributed by atoms with E-state index in [2.05, 4.69) is 54.3 Å². The Morgan fingerprint density at radius 2 is 1.58 bits per heavy atom. The fourth-order valence-corrected chi connectivity index (χ4v) is 5.59. The number of benzene rings is 2. The first kappa shape index (κ1) is 24.3. The summed E-state index contributed by atoms with van der Waals surface area (Å²) < 4.78 is 27.6. The van der Waals surface area contributed by atoms with Gasteiger partial charge >= 0.3 is 0 Å². The lowest BCUT2D eigenvalue weighted by Crippen LogP contribution is -2.44. The number of anilines is 6. The number of aromatic nitrogens is 2. The highest BCUT2D eigenvalue weighted by Crippen LogP contribution is 2.32. The van der Waals surface area contributed by atoms with E-state index in [0.29, 0.717) is 17.5 Å². The van der Waals surface area contributed by atoms with Crippen LogP contribution in [0.3, 0.4) is 0 Å². The SMILES string of the molecule is Cc1ccc(Nc2nc(Nc3ccc(N4CCN(C)CC4)cc3)ncc2C)cc1NS(=O)(=O)C1CC1. The minimum atomic E-state index is -3.33. The van der Waals surface area contributed by atoms with Crippen molar-refractivity contribution in [1.82, 2.24) is 14.9 Å². The predicted octanol–water partition coefficient (Wildman–Crippen LogP) is 4.24. The average molecular weight is 508 g/mol. The molecule has 3 aromatic rings. The maximum Gasteiger partial charge on any atom is 0.235 e. The van der Waals surface area contributed by atoms with Gasteiger partial charge in [0, 0.05) is 55.0 Å². The summed E-state index contributed by atoms with van der Waals surface area (Å²) in [7, 11) is -1.18. The van der Waals surface area contributed by atoms with Crippen LogP contribution >= 0.6 is 0 Å². The second-order valence-electron chi connectivity index (χ2n) is 9.69. The van der Waals surface area contributed by atoms with Crippen LogP contribution in [0.25, 0.3) is 0 Å². The lowest BCUT2D eigenvalue weighted by atomic mass is 10.2. The van der Waals surface area contributed by atoms with Crippen molar-refractivity contribution in [3.8, 4) is 0 Å². The molecule has 10 heteroatoms. The van der Waals surface area contributed by atoms with Crippen LogP contribution in [-0.4, -0.2) is 61.8 Å². The normalized spacial score (nSPS) is 16.6. The van der Waals surface area contributed by atoms with Crippen LogP contribution < -0.4 is 20.3 Å². The standard InChI is InChI=1S/C26H33N7O2S/c1-18-4-5-21(16-24(18)31-36(34,35)23-10-11-23)28-25-19(2)17-27-26(30-25)29-20-6-8-22(9-7-20)33-14-12-32(3)13-15-33/h4-9,16-17,23,31H,10-15H2,1-3H3,(H2,27,28,29,30). The van der Waals surface area contributed by atoms with E-state index < -0.39 is 10.0 Å². The molecule has 0 radical (unpaired) electrons. The summed E-state index contributed by atoms with van der Waals surface area (Å²) in [6.45, 7) is 8.03. The van der Waals surface area contributed by atoms with Crippen molar-refractivity contribution in [2.24, 2.45) is 0 Å². The molecule has 2 heterocycles. The van der Waals surface area contributed by atoms with E-state index in [1.54, 1.807) is 12.3 Å². The summed E-state index contributed by atoms with van der Waals surface area (Å²) >= 11 is 0. The molecule has 190 valence electrons. The Hall–Kier alpha value is -3.37. The molecule has 2 aliphatic rings. The Balaban J connectivity index is 1.28. The van der Waals surface area contributed by atoms with Gasteiger partial charge in [0.1, 0.15) is 5.82 Å². The highest BCUT2D eigenvalue weighted by atomic mass is 32.2. The highest BCUT2D eigenvalue weighted by molar-refractivity contribution is 7.93. The molecule has 0 amide bonds. The third-order valence-electron chi connectivity index (χ3n) is 6.68. The number of likely N-dealkylation sites (N-methyl/N-ethyl adjacent to an activating group) is 1. The summed E-state index contributed by atoms with van der Waals surface area (Å²) in [5.74, 6) is 1.14. The molecule has 0 spiro atoms. The summed E-state index contributed by atoms with van der Waals surface area (Å²) in [6, 6.07) is 13.9. The van der Waals surface area contributed by atoms with E-state index in [-0.39, 0.29) is 5.25 Å². The minimum absolute atomic E-state index is 0.276. The molecule has 2 fully saturated rings. The molecule has 1 saturated carbocycles. The van der Waals surface area contributed by atoms with Crippen molar-refractivity contribution >= 4 is 44.5 Å². The lowest BCUT2D eigenvalue weighted by Gasteiger charge is -2.34. The summed E-state index contributed by atoms with van der Waals surface area (Å²) in [5.41, 5.74) is 5.21. The third-order valence-corrected chi connectivity index (χ3v) is 8.53. The molecule has 0 atom stereocenters. The van der Waals surface area contributed by atoms with E-state index in [4.69, 9.17) is 0 Å².